The van der Waals surface area contributed by atoms with Crippen LogP contribution in [0, 0.1) is 23.7 Å². The average molecular weight is 1130 g/mol. The zero-order valence-electron chi connectivity index (χ0n) is 49.8. The van der Waals surface area contributed by atoms with Crippen molar-refractivity contribution in [1.29, 1.82) is 0 Å². The number of amides is 3. The van der Waals surface area contributed by atoms with Crippen LogP contribution in [0.2, 0.25) is 0 Å². The number of nitrogens with one attached hydrogen (secondary N) is 3. The minimum absolute atomic E-state index is 0. The number of carbonyl (C=O) groups excluding carboxylic acids is 5. The molecule has 8 atom stereocenters. The first-order valence-corrected chi connectivity index (χ1v) is 31.8. The van der Waals surface area contributed by atoms with Gasteiger partial charge in [-0.1, -0.05) is 214 Å². The Hall–Kier alpha value is -2.11. The Balaban J connectivity index is 0.00000116. The molecule has 8 unspecified atom stereocenters. The number of unbranched alkanes of at least 4 members (excludes halogenated alkanes) is 20. The third-order valence-electron chi connectivity index (χ3n) is 16.7. The van der Waals surface area contributed by atoms with Crippen LogP contribution in [-0.2, 0) is 43.5 Å². The van der Waals surface area contributed by atoms with Gasteiger partial charge in [-0.3, -0.25) is 14.4 Å². The van der Waals surface area contributed by atoms with Crippen LogP contribution in [0.15, 0.2) is 0 Å². The summed E-state index contributed by atoms with van der Waals surface area (Å²) in [4.78, 5) is 59.6. The fourth-order valence-electron chi connectivity index (χ4n) is 11.5. The minimum atomic E-state index is -0.928. The van der Waals surface area contributed by atoms with E-state index in [0.717, 1.165) is 135 Å². The monoisotopic (exact) mass is 1120 g/mol. The third kappa shape index (κ3) is 41.9. The second kappa shape index (κ2) is 49.9. The number of rotatable bonds is 40. The molecule has 12 nitrogen and oxygen atoms in total. The molecule has 0 saturated heterocycles. The molecular weight excluding hydrogens is 1010 g/mol. The van der Waals surface area contributed by atoms with E-state index in [-0.39, 0.29) is 93.2 Å². The van der Waals surface area contributed by atoms with Gasteiger partial charge in [0.25, 0.3) is 0 Å². The van der Waals surface area contributed by atoms with Crippen molar-refractivity contribution in [2.75, 3.05) is 0 Å². The summed E-state index contributed by atoms with van der Waals surface area (Å²) < 4.78 is 0. The van der Waals surface area contributed by atoms with Gasteiger partial charge in [0, 0.05) is 42.9 Å². The van der Waals surface area contributed by atoms with Crippen molar-refractivity contribution in [1.82, 2.24) is 16.0 Å². The molecule has 0 aromatic heterocycles. The van der Waals surface area contributed by atoms with Crippen LogP contribution in [-0.4, -0.2) is 70.2 Å². The summed E-state index contributed by atoms with van der Waals surface area (Å²) in [6, 6.07) is 0.520. The number of aliphatic carboxylic acids is 2. The number of aliphatic hydroxyl groups is 2. The van der Waals surface area contributed by atoms with Crippen molar-refractivity contribution in [3.63, 3.8) is 0 Å². The van der Waals surface area contributed by atoms with Crippen LogP contribution in [0.5, 0.6) is 0 Å². The van der Waals surface area contributed by atoms with E-state index in [4.69, 9.17) is 0 Å². The predicted octanol–water partition coefficient (Wildman–Crippen LogP) is 12.4. The van der Waals surface area contributed by atoms with Crippen LogP contribution in [0.4, 0.5) is 0 Å². The van der Waals surface area contributed by atoms with Crippen LogP contribution in [0.3, 0.4) is 0 Å². The maximum absolute atomic E-state index is 13.3. The normalized spacial score (nSPS) is 21.5. The Morgan fingerprint density at radius 2 is 0.671 bits per heavy atom. The molecule has 0 aliphatic heterocycles. The smallest absolute Gasteiger partial charge is 0.550 e. The fraction of sp³-hybridized carbons (Fsp3) is 0.921. The van der Waals surface area contributed by atoms with E-state index in [1.54, 1.807) is 0 Å². The summed E-state index contributed by atoms with van der Waals surface area (Å²) in [7, 11) is 0. The molecular formula is C63H117N3O9Zn. The molecule has 3 fully saturated rings. The molecule has 0 aromatic carbocycles. The van der Waals surface area contributed by atoms with Gasteiger partial charge in [0.1, 0.15) is 0 Å². The molecule has 0 spiro atoms. The molecule has 5 N–H and O–H groups in total. The maximum atomic E-state index is 13.3. The first-order valence-electron chi connectivity index (χ1n) is 31.8. The van der Waals surface area contributed by atoms with Gasteiger partial charge < -0.3 is 46.0 Å². The van der Waals surface area contributed by atoms with Gasteiger partial charge in [0.15, 0.2) is 0 Å². The molecule has 0 heterocycles. The van der Waals surface area contributed by atoms with E-state index < -0.39 is 17.9 Å². The van der Waals surface area contributed by atoms with E-state index in [2.05, 4.69) is 50.6 Å². The molecule has 76 heavy (non-hydrogen) atoms. The number of carbonyl (C=O) groups is 5. The molecule has 3 aliphatic carbocycles. The maximum Gasteiger partial charge on any atom is 2.00 e. The first kappa shape index (κ1) is 73.9. The van der Waals surface area contributed by atoms with Gasteiger partial charge in [-0.05, 0) is 108 Å². The standard InChI is InChI=1S/C27H47N3O3.2C18H36O3.Zn/c1-18-10-4-7-13-22(18)28-25(31)16-21(27(33)30-24-15-9-6-12-20(24)3)17-26(32)29-23-14-8-5-11-19(23)2;2*1-2-3-4-11-14-17(19)15-12-9-7-5-6-8-10-13-16-18(20)21;/h18-24H,4-17H2,1-3H3,(H,28,31)(H,29,32)(H,30,33);2*17,19H,2-16H2,1H3,(H,20,21);/q;;;+2/p-2. The number of aliphatic hydroxyl groups excluding tert-OH is 2. The van der Waals surface area contributed by atoms with Crippen molar-refractivity contribution in [2.24, 2.45) is 23.7 Å². The second-order valence-corrected chi connectivity index (χ2v) is 23.8. The van der Waals surface area contributed by atoms with Gasteiger partial charge in [0.05, 0.1) is 18.1 Å². The van der Waals surface area contributed by atoms with E-state index >= 15 is 0 Å². The number of carboxylic acid groups (broad SMARTS) is 2. The Morgan fingerprint density at radius 1 is 0.408 bits per heavy atom. The molecule has 440 valence electrons. The van der Waals surface area contributed by atoms with Gasteiger partial charge in [-0.15, -0.1) is 0 Å². The molecule has 0 bridgehead atoms. The van der Waals surface area contributed by atoms with Gasteiger partial charge in [-0.2, -0.15) is 0 Å². The van der Waals surface area contributed by atoms with Crippen LogP contribution >= 0.6 is 0 Å². The van der Waals surface area contributed by atoms with Crippen LogP contribution in [0.1, 0.15) is 317 Å². The summed E-state index contributed by atoms with van der Waals surface area (Å²) in [6.45, 7) is 11.0. The number of hydrogen-bond acceptors (Lipinski definition) is 9. The predicted molar refractivity (Wildman–Crippen MR) is 303 cm³/mol. The van der Waals surface area contributed by atoms with Gasteiger partial charge in [-0.25, -0.2) is 0 Å². The molecule has 3 rings (SSSR count). The Morgan fingerprint density at radius 3 is 0.961 bits per heavy atom. The quantitative estimate of drug-likeness (QED) is 0.0292. The largest absolute Gasteiger partial charge is 2.00 e. The molecule has 3 saturated carbocycles. The second-order valence-electron chi connectivity index (χ2n) is 23.8. The van der Waals surface area contributed by atoms with Crippen LogP contribution in [0.25, 0.3) is 0 Å². The molecule has 0 aromatic rings. The van der Waals surface area contributed by atoms with Crippen molar-refractivity contribution in [3.8, 4) is 0 Å². The number of carboxylic acids is 2. The van der Waals surface area contributed by atoms with E-state index in [9.17, 15) is 44.4 Å². The fourth-order valence-corrected chi connectivity index (χ4v) is 11.5. The first-order chi connectivity index (χ1) is 36.2. The average Bonchev–Trinajstić information content (AvgIpc) is 3.37. The van der Waals surface area contributed by atoms with Crippen molar-refractivity contribution in [3.05, 3.63) is 0 Å². The van der Waals surface area contributed by atoms with E-state index in [1.165, 1.54) is 122 Å². The van der Waals surface area contributed by atoms with E-state index in [0.29, 0.717) is 17.8 Å². The summed E-state index contributed by atoms with van der Waals surface area (Å²) in [5, 5.41) is 49.7. The summed E-state index contributed by atoms with van der Waals surface area (Å²) in [5.74, 6) is -1.41. The molecule has 13 heteroatoms. The zero-order valence-corrected chi connectivity index (χ0v) is 52.7. The third-order valence-corrected chi connectivity index (χ3v) is 16.7. The van der Waals surface area contributed by atoms with Crippen molar-refractivity contribution in [2.45, 2.75) is 347 Å². The minimum Gasteiger partial charge on any atom is -0.550 e. The van der Waals surface area contributed by atoms with E-state index in [1.807, 2.05) is 0 Å². The Labute approximate surface area is 478 Å². The SMILES string of the molecule is CC1CCCCC1NC(=O)CC(CC(=O)NC1CCCCC1C)C(=O)NC1CCCCC1C.CCCCCCC(O)CCCCCCCCCCC(=O)[O-].CCCCCCC(O)CCCCCCCCCCC(=O)[O-].[Zn+2]. The summed E-state index contributed by atoms with van der Waals surface area (Å²) >= 11 is 0. The zero-order chi connectivity index (χ0) is 55.3. The molecule has 3 amide bonds. The van der Waals surface area contributed by atoms with Crippen molar-refractivity contribution < 1.29 is 63.9 Å². The van der Waals surface area contributed by atoms with Crippen LogP contribution < -0.4 is 26.2 Å². The summed E-state index contributed by atoms with van der Waals surface area (Å²) in [6.07, 6.45) is 45.5. The topological polar surface area (TPSA) is 208 Å². The molecule has 3 aliphatic rings. The van der Waals surface area contributed by atoms with Crippen molar-refractivity contribution >= 4 is 29.7 Å². The number of hydrogen-bond donors (Lipinski definition) is 5. The Bertz CT molecular complexity index is 1350. The molecule has 0 radical (unpaired) electrons. The van der Waals surface area contributed by atoms with Gasteiger partial charge >= 0.3 is 19.5 Å². The van der Waals surface area contributed by atoms with Gasteiger partial charge in [0.2, 0.25) is 17.7 Å². The Kier molecular flexibility index (Phi) is 48.5. The summed E-state index contributed by atoms with van der Waals surface area (Å²) in [5.41, 5.74) is 0.